The number of likely N-dealkylation sites (N-methyl/N-ethyl adjacent to an activating group) is 1. The normalized spacial score (nSPS) is 20.2. The van der Waals surface area contributed by atoms with Crippen LogP contribution in [0.3, 0.4) is 0 Å². The largest absolute Gasteiger partial charge is 0.361 e. The monoisotopic (exact) mass is 339 g/mol. The summed E-state index contributed by atoms with van der Waals surface area (Å²) in [5.74, 6) is 0.703. The van der Waals surface area contributed by atoms with Gasteiger partial charge < -0.3 is 20.1 Å². The van der Waals surface area contributed by atoms with Crippen molar-refractivity contribution in [1.29, 1.82) is 5.26 Å². The van der Waals surface area contributed by atoms with Crippen molar-refractivity contribution >= 4 is 11.7 Å². The number of amides is 1. The van der Waals surface area contributed by atoms with Crippen LogP contribution in [0.2, 0.25) is 0 Å². The summed E-state index contributed by atoms with van der Waals surface area (Å²) in [4.78, 5) is 22.8. The molecule has 8 heteroatoms. The Morgan fingerprint density at radius 2 is 2.20 bits per heavy atom. The molecule has 1 aliphatic rings. The van der Waals surface area contributed by atoms with Crippen LogP contribution in [0.25, 0.3) is 0 Å². The highest BCUT2D eigenvalue weighted by molar-refractivity contribution is 5.80. The number of nitriles is 1. The molecule has 1 aliphatic heterocycles. The number of hydrogen-bond donors (Lipinski definition) is 2. The first-order chi connectivity index (χ1) is 12.1. The summed E-state index contributed by atoms with van der Waals surface area (Å²) < 4.78 is 2.00. The smallest absolute Gasteiger partial charge is 0.239 e. The fraction of sp³-hybridized carbons (Fsp3) is 0.412. The van der Waals surface area contributed by atoms with Crippen molar-refractivity contribution < 1.29 is 4.79 Å². The SMILES string of the molecule is CN1C[C@@H](NC(=O)CNc2ccc(C#N)cn2)[C@H](c2cncn2C)C1. The van der Waals surface area contributed by atoms with E-state index in [4.69, 9.17) is 5.26 Å². The summed E-state index contributed by atoms with van der Waals surface area (Å²) in [6.45, 7) is 1.82. The first-order valence-electron chi connectivity index (χ1n) is 8.11. The molecule has 0 aliphatic carbocycles. The van der Waals surface area contributed by atoms with Crippen LogP contribution in [0, 0.1) is 11.3 Å². The average molecular weight is 339 g/mol. The summed E-state index contributed by atoms with van der Waals surface area (Å²) in [7, 11) is 4.02. The van der Waals surface area contributed by atoms with Crippen molar-refractivity contribution in [2.24, 2.45) is 7.05 Å². The lowest BCUT2D eigenvalue weighted by Gasteiger charge is -2.20. The molecule has 2 aromatic rings. The van der Waals surface area contributed by atoms with Crippen LogP contribution in [0.15, 0.2) is 30.9 Å². The van der Waals surface area contributed by atoms with Crippen LogP contribution < -0.4 is 10.6 Å². The van der Waals surface area contributed by atoms with Gasteiger partial charge in [-0.3, -0.25) is 4.79 Å². The molecule has 1 saturated heterocycles. The van der Waals surface area contributed by atoms with Gasteiger partial charge in [0.25, 0.3) is 0 Å². The van der Waals surface area contributed by atoms with Gasteiger partial charge in [0.2, 0.25) is 5.91 Å². The van der Waals surface area contributed by atoms with Crippen LogP contribution in [-0.4, -0.2) is 58.1 Å². The fourth-order valence-corrected chi connectivity index (χ4v) is 3.16. The van der Waals surface area contributed by atoms with Gasteiger partial charge in [-0.2, -0.15) is 5.26 Å². The Bertz CT molecular complexity index is 777. The Balaban J connectivity index is 1.57. The molecule has 130 valence electrons. The zero-order valence-corrected chi connectivity index (χ0v) is 14.3. The number of aromatic nitrogens is 3. The number of rotatable bonds is 5. The van der Waals surface area contributed by atoms with Gasteiger partial charge in [0, 0.05) is 44.1 Å². The van der Waals surface area contributed by atoms with Crippen LogP contribution in [0.1, 0.15) is 17.2 Å². The van der Waals surface area contributed by atoms with Crippen LogP contribution in [0.5, 0.6) is 0 Å². The van der Waals surface area contributed by atoms with Gasteiger partial charge in [-0.15, -0.1) is 0 Å². The van der Waals surface area contributed by atoms with Crippen molar-refractivity contribution in [2.45, 2.75) is 12.0 Å². The Labute approximate surface area is 146 Å². The minimum Gasteiger partial charge on any atom is -0.361 e. The number of nitrogens with one attached hydrogen (secondary N) is 2. The van der Waals surface area contributed by atoms with Crippen molar-refractivity contribution in [3.8, 4) is 6.07 Å². The second kappa shape index (κ2) is 7.32. The maximum Gasteiger partial charge on any atom is 0.239 e. The number of pyridine rings is 1. The summed E-state index contributed by atoms with van der Waals surface area (Å²) in [6, 6.07) is 5.41. The molecule has 3 heterocycles. The Morgan fingerprint density at radius 3 is 2.84 bits per heavy atom. The third kappa shape index (κ3) is 3.95. The van der Waals surface area contributed by atoms with E-state index in [1.54, 1.807) is 18.5 Å². The number of carbonyl (C=O) groups is 1. The van der Waals surface area contributed by atoms with E-state index >= 15 is 0 Å². The highest BCUT2D eigenvalue weighted by atomic mass is 16.2. The van der Waals surface area contributed by atoms with Gasteiger partial charge in [0.1, 0.15) is 11.9 Å². The molecule has 2 atom stereocenters. The molecule has 0 unspecified atom stereocenters. The molecule has 2 aromatic heterocycles. The summed E-state index contributed by atoms with van der Waals surface area (Å²) in [5, 5.41) is 14.8. The average Bonchev–Trinajstić information content (AvgIpc) is 3.18. The van der Waals surface area contributed by atoms with E-state index in [2.05, 4.69) is 32.5 Å². The van der Waals surface area contributed by atoms with E-state index < -0.39 is 0 Å². The van der Waals surface area contributed by atoms with Crippen molar-refractivity contribution in [2.75, 3.05) is 32.0 Å². The molecule has 2 N–H and O–H groups in total. The molecule has 8 nitrogen and oxygen atoms in total. The molecule has 0 spiro atoms. The lowest BCUT2D eigenvalue weighted by Crippen LogP contribution is -2.42. The highest BCUT2D eigenvalue weighted by Gasteiger charge is 2.34. The Morgan fingerprint density at radius 1 is 1.36 bits per heavy atom. The fourth-order valence-electron chi connectivity index (χ4n) is 3.16. The van der Waals surface area contributed by atoms with Gasteiger partial charge in [-0.25, -0.2) is 9.97 Å². The van der Waals surface area contributed by atoms with E-state index in [1.807, 2.05) is 23.9 Å². The van der Waals surface area contributed by atoms with Gasteiger partial charge in [-0.05, 0) is 19.2 Å². The maximum atomic E-state index is 12.3. The lowest BCUT2D eigenvalue weighted by atomic mass is 10.00. The number of hydrogen-bond acceptors (Lipinski definition) is 6. The topological polar surface area (TPSA) is 98.9 Å². The molecule has 1 fully saturated rings. The third-order valence-electron chi connectivity index (χ3n) is 4.41. The van der Waals surface area contributed by atoms with E-state index in [9.17, 15) is 4.79 Å². The first kappa shape index (κ1) is 16.9. The Kier molecular flexibility index (Phi) is 4.95. The lowest BCUT2D eigenvalue weighted by molar-refractivity contribution is -0.120. The summed E-state index contributed by atoms with van der Waals surface area (Å²) in [5.41, 5.74) is 1.61. The zero-order chi connectivity index (χ0) is 17.8. The van der Waals surface area contributed by atoms with Gasteiger partial charge in [0.15, 0.2) is 0 Å². The molecule has 0 saturated carbocycles. The molecular formula is C17H21N7O. The Hall–Kier alpha value is -2.92. The number of likely N-dealkylation sites (tertiary alicyclic amines) is 1. The molecule has 25 heavy (non-hydrogen) atoms. The predicted octanol–water partition coefficient (Wildman–Crippen LogP) is 0.313. The third-order valence-corrected chi connectivity index (χ3v) is 4.41. The second-order valence-corrected chi connectivity index (χ2v) is 6.33. The number of imidazole rings is 1. The zero-order valence-electron chi connectivity index (χ0n) is 14.3. The number of carbonyl (C=O) groups excluding carboxylic acids is 1. The molecule has 1 amide bonds. The van der Waals surface area contributed by atoms with Crippen LogP contribution in [-0.2, 0) is 11.8 Å². The summed E-state index contributed by atoms with van der Waals surface area (Å²) >= 11 is 0. The number of nitrogens with zero attached hydrogens (tertiary/aromatic N) is 5. The summed E-state index contributed by atoms with van der Waals surface area (Å²) in [6.07, 6.45) is 5.12. The molecule has 0 aromatic carbocycles. The molecule has 0 bridgehead atoms. The number of aryl methyl sites for hydroxylation is 1. The van der Waals surface area contributed by atoms with E-state index in [1.165, 1.54) is 6.20 Å². The highest BCUT2D eigenvalue weighted by Crippen LogP contribution is 2.26. The molecule has 0 radical (unpaired) electrons. The van der Waals surface area contributed by atoms with E-state index in [-0.39, 0.29) is 24.4 Å². The first-order valence-corrected chi connectivity index (χ1v) is 8.11. The van der Waals surface area contributed by atoms with E-state index in [0.29, 0.717) is 11.4 Å². The van der Waals surface area contributed by atoms with Crippen LogP contribution >= 0.6 is 0 Å². The minimum atomic E-state index is -0.0846. The molecular weight excluding hydrogens is 318 g/mol. The predicted molar refractivity (Wildman–Crippen MR) is 92.8 cm³/mol. The molecule has 3 rings (SSSR count). The van der Waals surface area contributed by atoms with Gasteiger partial charge >= 0.3 is 0 Å². The standard InChI is InChI=1S/C17H21N7O/c1-23-9-13(15-7-19-11-24(15)2)14(10-23)22-17(25)8-21-16-4-3-12(5-18)6-20-16/h3-4,6-7,11,13-14H,8-10H2,1-2H3,(H,20,21)(H,22,25)/t13-,14-/m1/s1. The van der Waals surface area contributed by atoms with Crippen molar-refractivity contribution in [3.63, 3.8) is 0 Å². The maximum absolute atomic E-state index is 12.3. The van der Waals surface area contributed by atoms with Gasteiger partial charge in [-0.1, -0.05) is 0 Å². The van der Waals surface area contributed by atoms with Crippen LogP contribution in [0.4, 0.5) is 5.82 Å². The van der Waals surface area contributed by atoms with E-state index in [0.717, 1.165) is 18.8 Å². The second-order valence-electron chi connectivity index (χ2n) is 6.33. The van der Waals surface area contributed by atoms with Crippen molar-refractivity contribution in [3.05, 3.63) is 42.1 Å². The quantitative estimate of drug-likeness (QED) is 0.814. The van der Waals surface area contributed by atoms with Gasteiger partial charge in [0.05, 0.1) is 24.5 Å². The number of anilines is 1. The minimum absolute atomic E-state index is 0.0450. The van der Waals surface area contributed by atoms with Crippen molar-refractivity contribution in [1.82, 2.24) is 24.8 Å².